The van der Waals surface area contributed by atoms with Crippen LogP contribution in [0.5, 0.6) is 0 Å². The topological polar surface area (TPSA) is 29.1 Å². The Morgan fingerprint density at radius 2 is 2.23 bits per heavy atom. The van der Waals surface area contributed by atoms with E-state index in [-0.39, 0.29) is 5.91 Å². The van der Waals surface area contributed by atoms with E-state index < -0.39 is 0 Å². The van der Waals surface area contributed by atoms with Crippen LogP contribution in [-0.4, -0.2) is 12.5 Å². The maximum absolute atomic E-state index is 11.2. The molecule has 0 saturated carbocycles. The molecule has 0 bridgehead atoms. The molecule has 1 N–H and O–H groups in total. The van der Waals surface area contributed by atoms with Crippen molar-refractivity contribution in [3.05, 3.63) is 0 Å². The molecule has 1 unspecified atom stereocenters. The molecule has 1 amide bonds. The van der Waals surface area contributed by atoms with E-state index in [2.05, 4.69) is 26.1 Å². The summed E-state index contributed by atoms with van der Waals surface area (Å²) in [5.41, 5.74) is 0.340. The van der Waals surface area contributed by atoms with E-state index in [1.54, 1.807) is 0 Å². The number of rotatable bonds is 3. The molecule has 2 nitrogen and oxygen atoms in total. The molecular formula is C11H21NO. The summed E-state index contributed by atoms with van der Waals surface area (Å²) in [6.45, 7) is 7.67. The van der Waals surface area contributed by atoms with E-state index in [1.807, 2.05) is 0 Å². The van der Waals surface area contributed by atoms with Crippen molar-refractivity contribution in [2.75, 3.05) is 6.54 Å². The Hall–Kier alpha value is -0.530. The van der Waals surface area contributed by atoms with Crippen LogP contribution >= 0.6 is 0 Å². The van der Waals surface area contributed by atoms with Gasteiger partial charge >= 0.3 is 0 Å². The van der Waals surface area contributed by atoms with Crippen LogP contribution in [0.1, 0.15) is 46.5 Å². The van der Waals surface area contributed by atoms with Gasteiger partial charge in [-0.05, 0) is 24.2 Å². The highest BCUT2D eigenvalue weighted by Crippen LogP contribution is 2.37. The first-order valence-corrected chi connectivity index (χ1v) is 5.33. The maximum Gasteiger partial charge on any atom is 0.220 e. The third kappa shape index (κ3) is 2.71. The first kappa shape index (κ1) is 10.6. The van der Waals surface area contributed by atoms with Crippen molar-refractivity contribution in [3.63, 3.8) is 0 Å². The van der Waals surface area contributed by atoms with Gasteiger partial charge in [-0.1, -0.05) is 27.2 Å². The quantitative estimate of drug-likeness (QED) is 0.715. The van der Waals surface area contributed by atoms with Gasteiger partial charge in [-0.25, -0.2) is 0 Å². The van der Waals surface area contributed by atoms with Crippen molar-refractivity contribution in [1.29, 1.82) is 0 Å². The molecule has 0 spiro atoms. The van der Waals surface area contributed by atoms with Gasteiger partial charge < -0.3 is 5.32 Å². The zero-order chi connectivity index (χ0) is 9.90. The molecule has 1 fully saturated rings. The lowest BCUT2D eigenvalue weighted by Gasteiger charge is -2.36. The second-order valence-electron chi connectivity index (χ2n) is 4.78. The third-order valence-electron chi connectivity index (χ3n) is 3.25. The molecule has 0 aromatic rings. The molecule has 1 aliphatic rings. The predicted octanol–water partition coefficient (Wildman–Crippen LogP) is 2.34. The van der Waals surface area contributed by atoms with E-state index in [4.69, 9.17) is 0 Å². The summed E-state index contributed by atoms with van der Waals surface area (Å²) in [5.74, 6) is 0.821. The smallest absolute Gasteiger partial charge is 0.220 e. The Morgan fingerprint density at radius 1 is 1.54 bits per heavy atom. The fraction of sp³-hybridized carbons (Fsp3) is 0.909. The molecule has 2 heteroatoms. The van der Waals surface area contributed by atoms with Gasteiger partial charge in [-0.2, -0.15) is 0 Å². The molecule has 1 rings (SSSR count). The molecule has 0 radical (unpaired) electrons. The van der Waals surface area contributed by atoms with E-state index in [9.17, 15) is 4.79 Å². The zero-order valence-electron chi connectivity index (χ0n) is 9.02. The molecule has 0 aliphatic carbocycles. The molecule has 0 aromatic heterocycles. The summed E-state index contributed by atoms with van der Waals surface area (Å²) < 4.78 is 0. The van der Waals surface area contributed by atoms with Gasteiger partial charge in [0.2, 0.25) is 5.91 Å². The summed E-state index contributed by atoms with van der Waals surface area (Å²) in [7, 11) is 0. The second kappa shape index (κ2) is 4.12. The molecule has 1 heterocycles. The third-order valence-corrected chi connectivity index (χ3v) is 3.25. The van der Waals surface area contributed by atoms with Crippen LogP contribution in [0, 0.1) is 11.3 Å². The van der Waals surface area contributed by atoms with E-state index in [0.717, 1.165) is 19.4 Å². The highest BCUT2D eigenvalue weighted by atomic mass is 16.1. The monoisotopic (exact) mass is 183 g/mol. The number of carbonyl (C=O) groups is 1. The van der Waals surface area contributed by atoms with Crippen LogP contribution in [0.15, 0.2) is 0 Å². The lowest BCUT2D eigenvalue weighted by Crippen LogP contribution is -2.39. The van der Waals surface area contributed by atoms with Crippen molar-refractivity contribution in [2.24, 2.45) is 11.3 Å². The number of hydrogen-bond acceptors (Lipinski definition) is 1. The molecule has 76 valence electrons. The SMILES string of the molecule is CCCC(C)(C)C1CCNC(=O)C1. The summed E-state index contributed by atoms with van der Waals surface area (Å²) >= 11 is 0. The van der Waals surface area contributed by atoms with Crippen LogP contribution in [0.2, 0.25) is 0 Å². The maximum atomic E-state index is 11.2. The number of amides is 1. The fourth-order valence-electron chi connectivity index (χ4n) is 2.30. The predicted molar refractivity (Wildman–Crippen MR) is 54.4 cm³/mol. The van der Waals surface area contributed by atoms with Crippen molar-refractivity contribution in [2.45, 2.75) is 46.5 Å². The van der Waals surface area contributed by atoms with Crippen LogP contribution < -0.4 is 5.32 Å². The van der Waals surface area contributed by atoms with E-state index >= 15 is 0 Å². The van der Waals surface area contributed by atoms with E-state index in [0.29, 0.717) is 11.3 Å². The molecule has 1 atom stereocenters. The van der Waals surface area contributed by atoms with Crippen molar-refractivity contribution in [1.82, 2.24) is 5.32 Å². The van der Waals surface area contributed by atoms with Crippen LogP contribution in [-0.2, 0) is 4.79 Å². The van der Waals surface area contributed by atoms with Crippen LogP contribution in [0.3, 0.4) is 0 Å². The largest absolute Gasteiger partial charge is 0.356 e. The number of piperidine rings is 1. The Bertz CT molecular complexity index is 187. The van der Waals surface area contributed by atoms with Gasteiger partial charge in [-0.3, -0.25) is 4.79 Å². The van der Waals surface area contributed by atoms with Crippen LogP contribution in [0.4, 0.5) is 0 Å². The van der Waals surface area contributed by atoms with Gasteiger partial charge in [0.15, 0.2) is 0 Å². The minimum absolute atomic E-state index is 0.237. The van der Waals surface area contributed by atoms with Crippen molar-refractivity contribution >= 4 is 5.91 Å². The first-order chi connectivity index (χ1) is 6.06. The first-order valence-electron chi connectivity index (χ1n) is 5.33. The minimum Gasteiger partial charge on any atom is -0.356 e. The standard InChI is InChI=1S/C11H21NO/c1-4-6-11(2,3)9-5-7-12-10(13)8-9/h9H,4-8H2,1-3H3,(H,12,13). The van der Waals surface area contributed by atoms with Crippen LogP contribution in [0.25, 0.3) is 0 Å². The Kier molecular flexibility index (Phi) is 3.34. The van der Waals surface area contributed by atoms with Crippen molar-refractivity contribution < 1.29 is 4.79 Å². The van der Waals surface area contributed by atoms with Gasteiger partial charge in [0.05, 0.1) is 0 Å². The van der Waals surface area contributed by atoms with Gasteiger partial charge in [-0.15, -0.1) is 0 Å². The zero-order valence-corrected chi connectivity index (χ0v) is 9.02. The highest BCUT2D eigenvalue weighted by molar-refractivity contribution is 5.76. The number of nitrogens with one attached hydrogen (secondary N) is 1. The molecule has 1 saturated heterocycles. The van der Waals surface area contributed by atoms with Gasteiger partial charge in [0, 0.05) is 13.0 Å². The Morgan fingerprint density at radius 3 is 2.77 bits per heavy atom. The second-order valence-corrected chi connectivity index (χ2v) is 4.78. The highest BCUT2D eigenvalue weighted by Gasteiger charge is 2.32. The van der Waals surface area contributed by atoms with Gasteiger partial charge in [0.25, 0.3) is 0 Å². The summed E-state index contributed by atoms with van der Waals surface area (Å²) in [6, 6.07) is 0. The summed E-state index contributed by atoms with van der Waals surface area (Å²) in [6.07, 6.45) is 4.32. The normalized spacial score (nSPS) is 24.2. The molecule has 1 aliphatic heterocycles. The van der Waals surface area contributed by atoms with E-state index in [1.165, 1.54) is 12.8 Å². The number of carbonyl (C=O) groups excluding carboxylic acids is 1. The average Bonchev–Trinajstić information content (AvgIpc) is 2.04. The minimum atomic E-state index is 0.237. The summed E-state index contributed by atoms with van der Waals surface area (Å²) in [4.78, 5) is 11.2. The fourth-order valence-corrected chi connectivity index (χ4v) is 2.30. The molecular weight excluding hydrogens is 162 g/mol. The molecule has 0 aromatic carbocycles. The lowest BCUT2D eigenvalue weighted by atomic mass is 9.71. The Labute approximate surface area is 81.1 Å². The lowest BCUT2D eigenvalue weighted by molar-refractivity contribution is -0.125. The molecule has 13 heavy (non-hydrogen) atoms. The number of hydrogen-bond donors (Lipinski definition) is 1. The average molecular weight is 183 g/mol. The van der Waals surface area contributed by atoms with Crippen molar-refractivity contribution in [3.8, 4) is 0 Å². The Balaban J connectivity index is 2.53. The summed E-state index contributed by atoms with van der Waals surface area (Å²) in [5, 5.41) is 2.89. The van der Waals surface area contributed by atoms with Gasteiger partial charge in [0.1, 0.15) is 0 Å².